The first-order valence-electron chi connectivity index (χ1n) is 5.82. The second kappa shape index (κ2) is 6.70. The highest BCUT2D eigenvalue weighted by molar-refractivity contribution is 7.80. The molecule has 0 spiro atoms. The zero-order valence-corrected chi connectivity index (χ0v) is 12.2. The van der Waals surface area contributed by atoms with Crippen LogP contribution in [0, 0.1) is 0 Å². The van der Waals surface area contributed by atoms with E-state index in [1.807, 2.05) is 0 Å². The first-order valence-corrected chi connectivity index (χ1v) is 6.23. The minimum atomic E-state index is -4.58. The quantitative estimate of drug-likeness (QED) is 0.658. The van der Waals surface area contributed by atoms with Crippen molar-refractivity contribution in [1.29, 1.82) is 0 Å². The molecule has 0 aliphatic heterocycles. The van der Waals surface area contributed by atoms with Crippen molar-refractivity contribution in [2.45, 2.75) is 12.6 Å². The number of hydrogen-bond donors (Lipinski definition) is 1. The fraction of sp³-hybridized carbons (Fsp3) is 0.417. The van der Waals surface area contributed by atoms with Crippen molar-refractivity contribution in [3.05, 3.63) is 23.4 Å². The second-order valence-electron chi connectivity index (χ2n) is 4.18. The molecule has 1 aromatic heterocycles. The summed E-state index contributed by atoms with van der Waals surface area (Å²) in [5.41, 5.74) is 4.65. The van der Waals surface area contributed by atoms with Gasteiger partial charge in [-0.3, -0.25) is 4.79 Å². The van der Waals surface area contributed by atoms with Crippen LogP contribution in [0.25, 0.3) is 0 Å². The summed E-state index contributed by atoms with van der Waals surface area (Å²) in [6, 6.07) is 1.98. The molecule has 0 saturated carbocycles. The fourth-order valence-corrected chi connectivity index (χ4v) is 1.72. The van der Waals surface area contributed by atoms with Crippen LogP contribution in [-0.2, 0) is 15.7 Å². The molecule has 0 amide bonds. The van der Waals surface area contributed by atoms with Crippen molar-refractivity contribution >= 4 is 29.0 Å². The number of thiocarbonyl (C=S) groups is 1. The Balaban J connectivity index is 3.11. The van der Waals surface area contributed by atoms with E-state index in [1.54, 1.807) is 0 Å². The van der Waals surface area contributed by atoms with Gasteiger partial charge in [0.05, 0.1) is 19.1 Å². The lowest BCUT2D eigenvalue weighted by Crippen LogP contribution is -2.27. The summed E-state index contributed by atoms with van der Waals surface area (Å²) in [6.45, 7) is 0.122. The number of esters is 1. The molecule has 0 atom stereocenters. The molecule has 0 aliphatic carbocycles. The number of alkyl halides is 3. The van der Waals surface area contributed by atoms with Crippen LogP contribution in [0.4, 0.5) is 19.0 Å². The van der Waals surface area contributed by atoms with E-state index in [9.17, 15) is 18.0 Å². The molecule has 0 bridgehead atoms. The maximum atomic E-state index is 12.7. The summed E-state index contributed by atoms with van der Waals surface area (Å²) in [5.74, 6) is -0.507. The Hall–Kier alpha value is -1.90. The zero-order valence-electron chi connectivity index (χ0n) is 11.4. The number of carbonyl (C=O) groups excluding carboxylic acids is 1. The standard InChI is InChI=1S/C12H14F3N3O2S/c1-18(6-5-9(19)20-2)11-7(10(16)21)3-4-8(17-11)12(13,14)15/h3-4H,5-6H2,1-2H3,(H2,16,21). The summed E-state index contributed by atoms with van der Waals surface area (Å²) in [6.07, 6.45) is -4.58. The summed E-state index contributed by atoms with van der Waals surface area (Å²) in [7, 11) is 2.72. The Kier molecular flexibility index (Phi) is 5.47. The van der Waals surface area contributed by atoms with Gasteiger partial charge in [0.25, 0.3) is 0 Å². The highest BCUT2D eigenvalue weighted by atomic mass is 32.1. The molecular formula is C12H14F3N3O2S. The van der Waals surface area contributed by atoms with Crippen LogP contribution in [0.15, 0.2) is 12.1 Å². The molecule has 0 radical (unpaired) electrons. The molecule has 116 valence electrons. The average Bonchev–Trinajstić information content (AvgIpc) is 2.42. The topological polar surface area (TPSA) is 68.5 Å². The zero-order chi connectivity index (χ0) is 16.2. The van der Waals surface area contributed by atoms with Gasteiger partial charge in [-0.25, -0.2) is 4.98 Å². The third-order valence-corrected chi connectivity index (χ3v) is 2.89. The van der Waals surface area contributed by atoms with Gasteiger partial charge in [-0.05, 0) is 12.1 Å². The minimum absolute atomic E-state index is 0.00169. The monoisotopic (exact) mass is 321 g/mol. The highest BCUT2D eigenvalue weighted by Crippen LogP contribution is 2.30. The average molecular weight is 321 g/mol. The van der Waals surface area contributed by atoms with Crippen molar-refractivity contribution in [3.63, 3.8) is 0 Å². The number of pyridine rings is 1. The molecular weight excluding hydrogens is 307 g/mol. The number of halogens is 3. The maximum absolute atomic E-state index is 12.7. The molecule has 1 rings (SSSR count). The molecule has 21 heavy (non-hydrogen) atoms. The number of aromatic nitrogens is 1. The molecule has 0 unspecified atom stereocenters. The molecule has 2 N–H and O–H groups in total. The van der Waals surface area contributed by atoms with E-state index in [0.717, 1.165) is 6.07 Å². The Morgan fingerprint density at radius 3 is 2.57 bits per heavy atom. The van der Waals surface area contributed by atoms with Crippen molar-refractivity contribution < 1.29 is 22.7 Å². The van der Waals surface area contributed by atoms with Crippen molar-refractivity contribution in [3.8, 4) is 0 Å². The predicted molar refractivity (Wildman–Crippen MR) is 75.0 cm³/mol. The third-order valence-electron chi connectivity index (χ3n) is 2.67. The Morgan fingerprint density at radius 1 is 1.48 bits per heavy atom. The Bertz CT molecular complexity index is 549. The largest absolute Gasteiger partial charge is 0.469 e. The van der Waals surface area contributed by atoms with Gasteiger partial charge in [-0.1, -0.05) is 12.2 Å². The number of carbonyl (C=O) groups is 1. The van der Waals surface area contributed by atoms with Crippen molar-refractivity contribution in [2.24, 2.45) is 5.73 Å². The number of rotatable bonds is 5. The van der Waals surface area contributed by atoms with Crippen molar-refractivity contribution in [2.75, 3.05) is 25.6 Å². The first-order chi connectivity index (χ1) is 9.66. The van der Waals surface area contributed by atoms with Gasteiger partial charge in [-0.2, -0.15) is 13.2 Å². The summed E-state index contributed by atoms with van der Waals surface area (Å²) in [5, 5.41) is 0. The SMILES string of the molecule is COC(=O)CCN(C)c1nc(C(F)(F)F)ccc1C(N)=S. The van der Waals surface area contributed by atoms with Crippen LogP contribution < -0.4 is 10.6 Å². The van der Waals surface area contributed by atoms with Gasteiger partial charge < -0.3 is 15.4 Å². The number of nitrogens with zero attached hydrogens (tertiary/aromatic N) is 2. The van der Waals surface area contributed by atoms with Crippen LogP contribution >= 0.6 is 12.2 Å². The Labute approximate surface area is 124 Å². The van der Waals surface area contributed by atoms with E-state index in [4.69, 9.17) is 18.0 Å². The maximum Gasteiger partial charge on any atom is 0.433 e. The molecule has 1 heterocycles. The molecule has 5 nitrogen and oxygen atoms in total. The van der Waals surface area contributed by atoms with E-state index in [1.165, 1.54) is 25.1 Å². The fourth-order valence-electron chi connectivity index (χ4n) is 1.56. The smallest absolute Gasteiger partial charge is 0.433 e. The molecule has 1 aromatic rings. The molecule has 0 saturated heterocycles. The van der Waals surface area contributed by atoms with Gasteiger partial charge in [0.15, 0.2) is 0 Å². The van der Waals surface area contributed by atoms with Crippen molar-refractivity contribution in [1.82, 2.24) is 4.98 Å². The molecule has 0 fully saturated rings. The second-order valence-corrected chi connectivity index (χ2v) is 4.62. The van der Waals surface area contributed by atoms with E-state index in [2.05, 4.69) is 9.72 Å². The lowest BCUT2D eigenvalue weighted by atomic mass is 10.2. The first kappa shape index (κ1) is 17.2. The summed E-state index contributed by atoms with van der Waals surface area (Å²) >= 11 is 4.80. The number of nitrogens with two attached hydrogens (primary N) is 1. The van der Waals surface area contributed by atoms with Crippen LogP contribution in [-0.4, -0.2) is 36.6 Å². The number of ether oxygens (including phenoxy) is 1. The van der Waals surface area contributed by atoms with E-state index < -0.39 is 17.8 Å². The summed E-state index contributed by atoms with van der Waals surface area (Å²) < 4.78 is 42.6. The van der Waals surface area contributed by atoms with E-state index in [0.29, 0.717) is 0 Å². The van der Waals surface area contributed by atoms with Crippen LogP contribution in [0.1, 0.15) is 17.7 Å². The van der Waals surface area contributed by atoms with Crippen LogP contribution in [0.3, 0.4) is 0 Å². The predicted octanol–water partition coefficient (Wildman–Crippen LogP) is 1.73. The van der Waals surface area contributed by atoms with Gasteiger partial charge in [-0.15, -0.1) is 0 Å². The van der Waals surface area contributed by atoms with Crippen LogP contribution in [0.5, 0.6) is 0 Å². The lowest BCUT2D eigenvalue weighted by molar-refractivity contribution is -0.141. The van der Waals surface area contributed by atoms with Gasteiger partial charge >= 0.3 is 12.1 Å². The lowest BCUT2D eigenvalue weighted by Gasteiger charge is -2.21. The van der Waals surface area contributed by atoms with Gasteiger partial charge in [0, 0.05) is 13.6 Å². The van der Waals surface area contributed by atoms with E-state index in [-0.39, 0.29) is 29.3 Å². The molecule has 9 heteroatoms. The number of anilines is 1. The minimum Gasteiger partial charge on any atom is -0.469 e. The number of hydrogen-bond acceptors (Lipinski definition) is 5. The normalized spacial score (nSPS) is 11.1. The van der Waals surface area contributed by atoms with Crippen LogP contribution in [0.2, 0.25) is 0 Å². The summed E-state index contributed by atoms with van der Waals surface area (Å²) in [4.78, 5) is 15.9. The van der Waals surface area contributed by atoms with Gasteiger partial charge in [0.1, 0.15) is 16.5 Å². The highest BCUT2D eigenvalue weighted by Gasteiger charge is 2.33. The third kappa shape index (κ3) is 4.55. The van der Waals surface area contributed by atoms with E-state index >= 15 is 0 Å². The molecule has 0 aliphatic rings. The van der Waals surface area contributed by atoms with Gasteiger partial charge in [0.2, 0.25) is 0 Å². The molecule has 0 aromatic carbocycles. The Morgan fingerprint density at radius 2 is 2.10 bits per heavy atom. The number of methoxy groups -OCH3 is 1.